The van der Waals surface area contributed by atoms with Crippen molar-refractivity contribution >= 4 is 32.6 Å². The average molecular weight is 397 g/mol. The molecular weight excluding hydrogens is 379 g/mol. The van der Waals surface area contributed by atoms with Crippen LogP contribution in [0, 0.1) is 5.82 Å². The Morgan fingerprint density at radius 3 is 2.58 bits per heavy atom. The van der Waals surface area contributed by atoms with Gasteiger partial charge in [-0.05, 0) is 44.4 Å². The van der Waals surface area contributed by atoms with Gasteiger partial charge in [0.2, 0.25) is 10.0 Å². The van der Waals surface area contributed by atoms with Crippen LogP contribution in [0.1, 0.15) is 11.8 Å². The third-order valence-electron chi connectivity index (χ3n) is 4.06. The van der Waals surface area contributed by atoms with E-state index in [2.05, 4.69) is 4.72 Å². The Labute approximate surface area is 156 Å². The normalized spacial score (nSPS) is 13.4. The van der Waals surface area contributed by atoms with Crippen molar-refractivity contribution in [2.24, 2.45) is 0 Å². The number of nitrogens with one attached hydrogen (secondary N) is 1. The first-order valence-corrected chi connectivity index (χ1v) is 9.73. The largest absolute Gasteiger partial charge is 0.459 e. The molecule has 0 fully saturated rings. The summed E-state index contributed by atoms with van der Waals surface area (Å²) in [5.74, 6) is -0.0184. The lowest BCUT2D eigenvalue weighted by Gasteiger charge is -2.22. The van der Waals surface area contributed by atoms with Gasteiger partial charge >= 0.3 is 0 Å². The maximum Gasteiger partial charge on any atom is 0.240 e. The number of rotatable bonds is 6. The van der Waals surface area contributed by atoms with E-state index in [4.69, 9.17) is 16.0 Å². The highest BCUT2D eigenvalue weighted by Gasteiger charge is 2.23. The van der Waals surface area contributed by atoms with E-state index in [9.17, 15) is 12.8 Å². The highest BCUT2D eigenvalue weighted by molar-refractivity contribution is 7.89. The van der Waals surface area contributed by atoms with Crippen LogP contribution < -0.4 is 4.72 Å². The maximum atomic E-state index is 13.3. The first-order valence-electron chi connectivity index (χ1n) is 7.87. The van der Waals surface area contributed by atoms with E-state index in [1.807, 2.05) is 49.3 Å². The van der Waals surface area contributed by atoms with Gasteiger partial charge in [0, 0.05) is 11.9 Å². The highest BCUT2D eigenvalue weighted by Crippen LogP contribution is 2.26. The van der Waals surface area contributed by atoms with E-state index < -0.39 is 15.8 Å². The zero-order chi connectivity index (χ0) is 18.9. The molecule has 0 bridgehead atoms. The topological polar surface area (TPSA) is 62.6 Å². The molecule has 0 aliphatic heterocycles. The molecule has 0 aliphatic carbocycles. The Bertz CT molecular complexity index is 1000. The zero-order valence-electron chi connectivity index (χ0n) is 14.2. The molecule has 0 aliphatic rings. The maximum absolute atomic E-state index is 13.3. The summed E-state index contributed by atoms with van der Waals surface area (Å²) in [6, 6.07) is 12.4. The summed E-state index contributed by atoms with van der Waals surface area (Å²) in [6.07, 6.45) is 0. The molecule has 138 valence electrons. The lowest BCUT2D eigenvalue weighted by Crippen LogP contribution is -2.34. The number of likely N-dealkylation sites (N-methyl/N-ethyl adjacent to an activating group) is 1. The minimum Gasteiger partial charge on any atom is -0.459 e. The quantitative estimate of drug-likeness (QED) is 0.688. The van der Waals surface area contributed by atoms with Gasteiger partial charge in [0.15, 0.2) is 0 Å². The number of fused-ring (bicyclic) bond motifs is 1. The Hall–Kier alpha value is -1.93. The van der Waals surface area contributed by atoms with E-state index in [1.54, 1.807) is 0 Å². The van der Waals surface area contributed by atoms with Crippen molar-refractivity contribution in [2.75, 3.05) is 20.6 Å². The molecule has 1 N–H and O–H groups in total. The van der Waals surface area contributed by atoms with Crippen LogP contribution in [0.15, 0.2) is 57.8 Å². The highest BCUT2D eigenvalue weighted by atomic mass is 35.5. The number of furan rings is 1. The standard InChI is InChI=1S/C18H18ClFN2O3S/c1-22(2)16(18-9-12-5-3-4-6-17(12)25-18)11-21-26(23,24)13-7-8-15(20)14(19)10-13/h3-10,16,21H,11H2,1-2H3/t16-/m0/s1. The number of para-hydroxylation sites is 1. The summed E-state index contributed by atoms with van der Waals surface area (Å²) in [5, 5.41) is 0.705. The number of benzene rings is 2. The van der Waals surface area contributed by atoms with E-state index in [0.717, 1.165) is 23.1 Å². The number of hydrogen-bond donors (Lipinski definition) is 1. The van der Waals surface area contributed by atoms with Gasteiger partial charge < -0.3 is 4.42 Å². The van der Waals surface area contributed by atoms with Gasteiger partial charge in [-0.3, -0.25) is 4.90 Å². The van der Waals surface area contributed by atoms with Gasteiger partial charge in [0.1, 0.15) is 17.2 Å². The van der Waals surface area contributed by atoms with Crippen molar-refractivity contribution in [2.45, 2.75) is 10.9 Å². The van der Waals surface area contributed by atoms with Crippen LogP contribution in [-0.4, -0.2) is 34.0 Å². The third-order valence-corrected chi connectivity index (χ3v) is 5.78. The Kier molecular flexibility index (Phi) is 5.34. The van der Waals surface area contributed by atoms with Gasteiger partial charge in [0.05, 0.1) is 16.0 Å². The second-order valence-corrected chi connectivity index (χ2v) is 8.27. The molecule has 3 aromatic rings. The molecule has 0 saturated carbocycles. The lowest BCUT2D eigenvalue weighted by molar-refractivity contribution is 0.264. The Morgan fingerprint density at radius 1 is 1.19 bits per heavy atom. The second kappa shape index (κ2) is 7.36. The van der Waals surface area contributed by atoms with Crippen molar-refractivity contribution in [3.05, 3.63) is 65.1 Å². The van der Waals surface area contributed by atoms with Gasteiger partial charge in [0.25, 0.3) is 0 Å². The number of hydrogen-bond acceptors (Lipinski definition) is 4. The fourth-order valence-electron chi connectivity index (χ4n) is 2.62. The van der Waals surface area contributed by atoms with E-state index >= 15 is 0 Å². The molecule has 0 unspecified atom stereocenters. The molecule has 0 spiro atoms. The van der Waals surface area contributed by atoms with E-state index in [-0.39, 0.29) is 22.5 Å². The van der Waals surface area contributed by atoms with Crippen LogP contribution in [-0.2, 0) is 10.0 Å². The molecule has 2 aromatic carbocycles. The summed E-state index contributed by atoms with van der Waals surface area (Å²) in [5.41, 5.74) is 0.738. The number of sulfonamides is 1. The van der Waals surface area contributed by atoms with E-state index in [0.29, 0.717) is 5.76 Å². The van der Waals surface area contributed by atoms with Crippen LogP contribution in [0.5, 0.6) is 0 Å². The summed E-state index contributed by atoms with van der Waals surface area (Å²) >= 11 is 5.68. The van der Waals surface area contributed by atoms with Crippen molar-refractivity contribution in [1.82, 2.24) is 9.62 Å². The molecule has 0 saturated heterocycles. The minimum absolute atomic E-state index is 0.0875. The molecule has 1 aromatic heterocycles. The SMILES string of the molecule is CN(C)[C@@H](CNS(=O)(=O)c1ccc(F)c(Cl)c1)c1cc2ccccc2o1. The molecule has 3 rings (SSSR count). The molecule has 0 radical (unpaired) electrons. The summed E-state index contributed by atoms with van der Waals surface area (Å²) in [7, 11) is -0.167. The van der Waals surface area contributed by atoms with Crippen molar-refractivity contribution in [1.29, 1.82) is 0 Å². The van der Waals surface area contributed by atoms with Crippen LogP contribution in [0.25, 0.3) is 11.0 Å². The summed E-state index contributed by atoms with van der Waals surface area (Å²) in [4.78, 5) is 1.77. The molecule has 8 heteroatoms. The first kappa shape index (κ1) is 18.8. The predicted molar refractivity (Wildman–Crippen MR) is 99.2 cm³/mol. The first-order chi connectivity index (χ1) is 12.3. The van der Waals surface area contributed by atoms with Crippen LogP contribution in [0.4, 0.5) is 4.39 Å². The molecule has 26 heavy (non-hydrogen) atoms. The van der Waals surface area contributed by atoms with Crippen LogP contribution in [0.2, 0.25) is 5.02 Å². The average Bonchev–Trinajstić information content (AvgIpc) is 3.00. The fraction of sp³-hybridized carbons (Fsp3) is 0.222. The van der Waals surface area contributed by atoms with Crippen LogP contribution >= 0.6 is 11.6 Å². The summed E-state index contributed by atoms with van der Waals surface area (Å²) < 4.78 is 46.6. The summed E-state index contributed by atoms with van der Waals surface area (Å²) in [6.45, 7) is 0.0875. The predicted octanol–water partition coefficient (Wildman–Crippen LogP) is 3.81. The Morgan fingerprint density at radius 2 is 1.92 bits per heavy atom. The van der Waals surface area contributed by atoms with Crippen molar-refractivity contribution in [3.63, 3.8) is 0 Å². The molecule has 1 atom stereocenters. The van der Waals surface area contributed by atoms with Crippen LogP contribution in [0.3, 0.4) is 0 Å². The van der Waals surface area contributed by atoms with Gasteiger partial charge in [-0.15, -0.1) is 0 Å². The molecule has 0 amide bonds. The second-order valence-electron chi connectivity index (χ2n) is 6.09. The zero-order valence-corrected chi connectivity index (χ0v) is 15.8. The van der Waals surface area contributed by atoms with Crippen molar-refractivity contribution < 1.29 is 17.2 Å². The minimum atomic E-state index is -3.84. The van der Waals surface area contributed by atoms with Gasteiger partial charge in [-0.1, -0.05) is 29.8 Å². The third kappa shape index (κ3) is 3.91. The van der Waals surface area contributed by atoms with Gasteiger partial charge in [-0.25, -0.2) is 17.5 Å². The smallest absolute Gasteiger partial charge is 0.240 e. The van der Waals surface area contributed by atoms with E-state index in [1.165, 1.54) is 6.07 Å². The number of halogens is 2. The monoisotopic (exact) mass is 396 g/mol. The lowest BCUT2D eigenvalue weighted by atomic mass is 10.2. The molecule has 5 nitrogen and oxygen atoms in total. The van der Waals surface area contributed by atoms with Crippen molar-refractivity contribution in [3.8, 4) is 0 Å². The Balaban J connectivity index is 1.83. The molecular formula is C18H18ClFN2O3S. The number of nitrogens with zero attached hydrogens (tertiary/aromatic N) is 1. The van der Waals surface area contributed by atoms with Gasteiger partial charge in [-0.2, -0.15) is 0 Å². The fourth-order valence-corrected chi connectivity index (χ4v) is 3.93. The molecule has 1 heterocycles.